The number of benzene rings is 1. The summed E-state index contributed by atoms with van der Waals surface area (Å²) in [6, 6.07) is 9.65. The van der Waals surface area contributed by atoms with Gasteiger partial charge in [0.2, 0.25) is 11.7 Å². The minimum absolute atomic E-state index is 0.0532. The van der Waals surface area contributed by atoms with Crippen LogP contribution in [0.4, 0.5) is 0 Å². The second-order valence-corrected chi connectivity index (χ2v) is 7.84. The monoisotopic (exact) mass is 449 g/mol. The molecule has 9 heteroatoms. The van der Waals surface area contributed by atoms with Gasteiger partial charge in [-0.2, -0.15) is 0 Å². The van der Waals surface area contributed by atoms with Gasteiger partial charge in [0.1, 0.15) is 18.2 Å². The largest absolute Gasteiger partial charge is 0.480 e. The Morgan fingerprint density at radius 2 is 2.06 bits per heavy atom. The zero-order chi connectivity index (χ0) is 23.2. The van der Waals surface area contributed by atoms with Crippen LogP contribution in [0.25, 0.3) is 22.2 Å². The lowest BCUT2D eigenvalue weighted by molar-refractivity contribution is 0.0940. The van der Waals surface area contributed by atoms with E-state index < -0.39 is 0 Å². The lowest BCUT2D eigenvalue weighted by Crippen LogP contribution is -2.12. The number of aromatic amines is 1. The van der Waals surface area contributed by atoms with Gasteiger partial charge in [-0.05, 0) is 25.0 Å². The number of aliphatic hydroxyl groups is 1. The maximum atomic E-state index is 12.1. The number of Topliss-reactive ketones (excluding diaryl/α,β-unsaturated/α-hetero) is 1. The molecule has 172 valence electrons. The van der Waals surface area contributed by atoms with Crippen molar-refractivity contribution in [2.24, 2.45) is 5.73 Å². The standard InChI is InChI=1S/C24H27N5O4/c1-32-23-17(11-15-7-5-6-9-19(15)29-23)20-13-26-22(28-20)18(25)8-3-2-4-10-21(31)24-27-12-16(14-30)33-24/h5-7,9,11-13,18,30H,2-4,8,10,14,25H2,1H3,(H,26,28)/t18-/m0/s1. The first kappa shape index (κ1) is 22.6. The Morgan fingerprint density at radius 1 is 1.21 bits per heavy atom. The second-order valence-electron chi connectivity index (χ2n) is 7.84. The van der Waals surface area contributed by atoms with Crippen LogP contribution >= 0.6 is 0 Å². The molecule has 3 aromatic heterocycles. The fourth-order valence-corrected chi connectivity index (χ4v) is 3.69. The molecule has 3 heterocycles. The number of unbranched alkanes of at least 4 members (excludes halogenated alkanes) is 2. The molecule has 0 saturated heterocycles. The van der Waals surface area contributed by atoms with E-state index in [4.69, 9.17) is 20.0 Å². The average Bonchev–Trinajstić information content (AvgIpc) is 3.53. The number of ketones is 1. The van der Waals surface area contributed by atoms with Crippen molar-refractivity contribution in [3.8, 4) is 17.1 Å². The van der Waals surface area contributed by atoms with Crippen LogP contribution in [0.1, 0.15) is 60.4 Å². The molecule has 4 aromatic rings. The van der Waals surface area contributed by atoms with E-state index in [1.54, 1.807) is 13.3 Å². The fourth-order valence-electron chi connectivity index (χ4n) is 3.69. The van der Waals surface area contributed by atoms with Crippen LogP contribution in [0, 0.1) is 0 Å². The van der Waals surface area contributed by atoms with Crippen LogP contribution in [0.2, 0.25) is 0 Å². The summed E-state index contributed by atoms with van der Waals surface area (Å²) < 4.78 is 10.7. The van der Waals surface area contributed by atoms with Crippen molar-refractivity contribution >= 4 is 16.7 Å². The van der Waals surface area contributed by atoms with Crippen LogP contribution in [-0.2, 0) is 6.61 Å². The summed E-state index contributed by atoms with van der Waals surface area (Å²) in [5.41, 5.74) is 8.84. The summed E-state index contributed by atoms with van der Waals surface area (Å²) in [4.78, 5) is 28.3. The van der Waals surface area contributed by atoms with Gasteiger partial charge in [0.25, 0.3) is 5.89 Å². The van der Waals surface area contributed by atoms with Gasteiger partial charge >= 0.3 is 0 Å². The molecule has 1 atom stereocenters. The normalized spacial score (nSPS) is 12.2. The number of para-hydroxylation sites is 1. The summed E-state index contributed by atoms with van der Waals surface area (Å²) in [6.45, 7) is -0.267. The number of pyridine rings is 1. The number of imidazole rings is 1. The Morgan fingerprint density at radius 3 is 2.85 bits per heavy atom. The van der Waals surface area contributed by atoms with Crippen molar-refractivity contribution in [1.82, 2.24) is 19.9 Å². The quantitative estimate of drug-likeness (QED) is 0.231. The highest BCUT2D eigenvalue weighted by Crippen LogP contribution is 2.31. The number of aromatic nitrogens is 4. The molecule has 0 saturated carbocycles. The first-order valence-electron chi connectivity index (χ1n) is 10.9. The van der Waals surface area contributed by atoms with E-state index in [-0.39, 0.29) is 24.3 Å². The molecule has 33 heavy (non-hydrogen) atoms. The summed E-state index contributed by atoms with van der Waals surface area (Å²) in [5, 5.41) is 10.00. The zero-order valence-electron chi connectivity index (χ0n) is 18.5. The van der Waals surface area contributed by atoms with Gasteiger partial charge in [0.05, 0.1) is 42.3 Å². The highest BCUT2D eigenvalue weighted by atomic mass is 16.5. The summed E-state index contributed by atoms with van der Waals surface area (Å²) in [6.07, 6.45) is 6.63. The lowest BCUT2D eigenvalue weighted by atomic mass is 10.1. The van der Waals surface area contributed by atoms with E-state index in [9.17, 15) is 4.79 Å². The Bertz CT molecular complexity index is 1230. The van der Waals surface area contributed by atoms with Crippen molar-refractivity contribution in [2.45, 2.75) is 44.8 Å². The van der Waals surface area contributed by atoms with E-state index in [0.29, 0.717) is 30.3 Å². The van der Waals surface area contributed by atoms with Gasteiger partial charge in [0, 0.05) is 11.8 Å². The predicted molar refractivity (Wildman–Crippen MR) is 123 cm³/mol. The number of carbonyl (C=O) groups is 1. The number of H-pyrrole nitrogens is 1. The summed E-state index contributed by atoms with van der Waals surface area (Å²) in [7, 11) is 1.60. The Hall–Kier alpha value is -3.56. The molecule has 0 amide bonds. The number of ether oxygens (including phenoxy) is 1. The molecule has 0 aliphatic carbocycles. The van der Waals surface area contributed by atoms with Crippen molar-refractivity contribution in [2.75, 3.05) is 7.11 Å². The molecule has 0 unspecified atom stereocenters. The van der Waals surface area contributed by atoms with Gasteiger partial charge in [-0.25, -0.2) is 15.0 Å². The van der Waals surface area contributed by atoms with E-state index in [1.165, 1.54) is 6.20 Å². The highest BCUT2D eigenvalue weighted by Gasteiger charge is 2.16. The van der Waals surface area contributed by atoms with Crippen LogP contribution in [0.3, 0.4) is 0 Å². The molecule has 0 bridgehead atoms. The topological polar surface area (TPSA) is 140 Å². The zero-order valence-corrected chi connectivity index (χ0v) is 18.5. The maximum absolute atomic E-state index is 12.1. The molecule has 1 aromatic carbocycles. The fraction of sp³-hybridized carbons (Fsp3) is 0.333. The number of hydrogen-bond donors (Lipinski definition) is 3. The number of methoxy groups -OCH3 is 1. The van der Waals surface area contributed by atoms with E-state index in [1.807, 2.05) is 30.3 Å². The number of carbonyl (C=O) groups excluding carboxylic acids is 1. The summed E-state index contributed by atoms with van der Waals surface area (Å²) >= 11 is 0. The molecular weight excluding hydrogens is 422 g/mol. The number of rotatable bonds is 11. The number of nitrogens with zero attached hydrogens (tertiary/aromatic N) is 3. The highest BCUT2D eigenvalue weighted by molar-refractivity contribution is 5.91. The van der Waals surface area contributed by atoms with Crippen molar-refractivity contribution in [3.05, 3.63) is 60.2 Å². The minimum atomic E-state index is -0.267. The smallest absolute Gasteiger partial charge is 0.263 e. The van der Waals surface area contributed by atoms with E-state index >= 15 is 0 Å². The van der Waals surface area contributed by atoms with E-state index in [2.05, 4.69) is 19.9 Å². The minimum Gasteiger partial charge on any atom is -0.480 e. The molecule has 4 rings (SSSR count). The number of aliphatic hydroxyl groups excluding tert-OH is 1. The molecule has 0 aliphatic heterocycles. The number of hydrogen-bond acceptors (Lipinski definition) is 8. The average molecular weight is 450 g/mol. The first-order valence-corrected chi connectivity index (χ1v) is 10.9. The first-order chi connectivity index (χ1) is 16.1. The molecule has 0 radical (unpaired) electrons. The van der Waals surface area contributed by atoms with Gasteiger partial charge < -0.3 is 25.0 Å². The Labute approximate surface area is 191 Å². The van der Waals surface area contributed by atoms with Crippen LogP contribution in [0.15, 0.2) is 47.1 Å². The van der Waals surface area contributed by atoms with Crippen LogP contribution in [0.5, 0.6) is 5.88 Å². The molecular formula is C24H27N5O4. The SMILES string of the molecule is COc1nc2ccccc2cc1-c1cnc([C@@H](N)CCCCCC(=O)c2ncc(CO)o2)[nH]1. The van der Waals surface area contributed by atoms with Gasteiger partial charge in [-0.15, -0.1) is 0 Å². The van der Waals surface area contributed by atoms with Crippen molar-refractivity contribution in [3.63, 3.8) is 0 Å². The number of oxazole rings is 1. The Balaban J connectivity index is 1.31. The molecule has 0 aliphatic rings. The predicted octanol–water partition coefficient (Wildman–Crippen LogP) is 3.95. The van der Waals surface area contributed by atoms with Crippen molar-refractivity contribution < 1.29 is 19.1 Å². The van der Waals surface area contributed by atoms with Gasteiger partial charge in [-0.1, -0.05) is 31.0 Å². The number of nitrogens with one attached hydrogen (secondary N) is 1. The second kappa shape index (κ2) is 10.4. The Kier molecular flexibility index (Phi) is 7.11. The van der Waals surface area contributed by atoms with Crippen LogP contribution < -0.4 is 10.5 Å². The molecule has 0 fully saturated rings. The van der Waals surface area contributed by atoms with E-state index in [0.717, 1.165) is 41.4 Å². The third-order valence-corrected chi connectivity index (χ3v) is 5.49. The lowest BCUT2D eigenvalue weighted by Gasteiger charge is -2.09. The summed E-state index contributed by atoms with van der Waals surface area (Å²) in [5.74, 6) is 1.41. The van der Waals surface area contributed by atoms with Crippen molar-refractivity contribution in [1.29, 1.82) is 0 Å². The van der Waals surface area contributed by atoms with Gasteiger partial charge in [-0.3, -0.25) is 4.79 Å². The molecule has 0 spiro atoms. The molecule has 9 nitrogen and oxygen atoms in total. The third kappa shape index (κ3) is 5.27. The van der Waals surface area contributed by atoms with Gasteiger partial charge in [0.15, 0.2) is 0 Å². The maximum Gasteiger partial charge on any atom is 0.263 e. The third-order valence-electron chi connectivity index (χ3n) is 5.49. The molecule has 4 N–H and O–H groups in total. The number of fused-ring (bicyclic) bond motifs is 1. The van der Waals surface area contributed by atoms with Crippen LogP contribution in [-0.4, -0.2) is 37.9 Å². The number of nitrogens with two attached hydrogens (primary N) is 1.